The number of anilines is 1. The highest BCUT2D eigenvalue weighted by Gasteiger charge is 2.36. The molecule has 0 fully saturated rings. The number of carboxylic acid groups (broad SMARTS) is 1. The summed E-state index contributed by atoms with van der Waals surface area (Å²) in [6.45, 7) is 8.40. The first kappa shape index (κ1) is 29.3. The van der Waals surface area contributed by atoms with Gasteiger partial charge in [-0.1, -0.05) is 44.2 Å². The van der Waals surface area contributed by atoms with Crippen molar-refractivity contribution >= 4 is 27.7 Å². The second-order valence-corrected chi connectivity index (χ2v) is 11.5. The van der Waals surface area contributed by atoms with Gasteiger partial charge < -0.3 is 15.5 Å². The third-order valence-corrected chi connectivity index (χ3v) is 7.48. The minimum Gasteiger partial charge on any atom is -0.465 e. The Kier molecular flexibility index (Phi) is 10.4. The second-order valence-electron chi connectivity index (χ2n) is 9.53. The van der Waals surface area contributed by atoms with Gasteiger partial charge in [0, 0.05) is 31.7 Å². The molecule has 10 heteroatoms. The third kappa shape index (κ3) is 8.04. The van der Waals surface area contributed by atoms with E-state index in [2.05, 4.69) is 5.32 Å². The van der Waals surface area contributed by atoms with Crippen molar-refractivity contribution in [1.82, 2.24) is 9.21 Å². The van der Waals surface area contributed by atoms with Gasteiger partial charge >= 0.3 is 6.09 Å². The van der Waals surface area contributed by atoms with E-state index in [4.69, 9.17) is 0 Å². The monoisotopic (exact) mass is 519 g/mol. The maximum Gasteiger partial charge on any atom is 0.407 e. The van der Waals surface area contributed by atoms with Gasteiger partial charge in [-0.25, -0.2) is 13.2 Å². The Labute approximate surface area is 213 Å². The molecule has 36 heavy (non-hydrogen) atoms. The van der Waals surface area contributed by atoms with E-state index in [0.717, 1.165) is 5.56 Å². The van der Waals surface area contributed by atoms with E-state index in [1.807, 2.05) is 44.2 Å². The molecule has 0 radical (unpaired) electrons. The van der Waals surface area contributed by atoms with Gasteiger partial charge in [0.1, 0.15) is 0 Å². The zero-order valence-corrected chi connectivity index (χ0v) is 22.3. The summed E-state index contributed by atoms with van der Waals surface area (Å²) >= 11 is 0. The van der Waals surface area contributed by atoms with Crippen molar-refractivity contribution in [3.8, 4) is 0 Å². The van der Waals surface area contributed by atoms with Crippen LogP contribution < -0.4 is 5.32 Å². The molecule has 2 rings (SSSR count). The highest BCUT2D eigenvalue weighted by Crippen LogP contribution is 2.23. The van der Waals surface area contributed by atoms with Crippen molar-refractivity contribution in [3.05, 3.63) is 60.2 Å². The molecule has 0 spiro atoms. The van der Waals surface area contributed by atoms with Gasteiger partial charge in [0.05, 0.1) is 17.0 Å². The number of carbonyl (C=O) groups is 2. The van der Waals surface area contributed by atoms with Gasteiger partial charge in [0.2, 0.25) is 15.9 Å². The number of sulfonamides is 1. The fourth-order valence-electron chi connectivity index (χ4n) is 4.09. The lowest BCUT2D eigenvalue weighted by atomic mass is 9.98. The molecule has 3 N–H and O–H groups in total. The molecule has 0 aliphatic rings. The maximum absolute atomic E-state index is 13.6. The molecule has 2 atom stereocenters. The molecule has 198 valence electrons. The van der Waals surface area contributed by atoms with Crippen LogP contribution in [0, 0.1) is 5.92 Å². The molecular formula is C26H37N3O6S. The molecule has 0 saturated heterocycles. The quantitative estimate of drug-likeness (QED) is 0.393. The Balaban J connectivity index is 2.40. The van der Waals surface area contributed by atoms with Gasteiger partial charge in [0.15, 0.2) is 0 Å². The summed E-state index contributed by atoms with van der Waals surface area (Å²) in [6.07, 6.45) is -2.24. The summed E-state index contributed by atoms with van der Waals surface area (Å²) in [7, 11) is -4.01. The number of aliphatic hydroxyl groups excluding tert-OH is 1. The summed E-state index contributed by atoms with van der Waals surface area (Å²) in [4.78, 5) is 24.6. The van der Waals surface area contributed by atoms with E-state index < -0.39 is 34.3 Å². The van der Waals surface area contributed by atoms with Crippen LogP contribution >= 0.6 is 0 Å². The molecule has 0 heterocycles. The minimum atomic E-state index is -4.01. The molecule has 0 aliphatic heterocycles. The van der Waals surface area contributed by atoms with E-state index in [1.165, 1.54) is 40.4 Å². The third-order valence-electron chi connectivity index (χ3n) is 5.64. The van der Waals surface area contributed by atoms with Gasteiger partial charge in [-0.3, -0.25) is 9.69 Å². The van der Waals surface area contributed by atoms with E-state index in [1.54, 1.807) is 13.8 Å². The first-order valence-electron chi connectivity index (χ1n) is 11.9. The van der Waals surface area contributed by atoms with Crippen LogP contribution in [0.3, 0.4) is 0 Å². The molecule has 2 aromatic rings. The van der Waals surface area contributed by atoms with Crippen molar-refractivity contribution in [2.45, 2.75) is 64.1 Å². The van der Waals surface area contributed by atoms with E-state index >= 15 is 0 Å². The van der Waals surface area contributed by atoms with E-state index in [-0.39, 0.29) is 36.2 Å². The molecule has 0 saturated carbocycles. The predicted molar refractivity (Wildman–Crippen MR) is 139 cm³/mol. The van der Waals surface area contributed by atoms with Crippen LogP contribution in [-0.4, -0.2) is 71.1 Å². The van der Waals surface area contributed by atoms with Crippen LogP contribution in [0.15, 0.2) is 59.5 Å². The molecule has 0 bridgehead atoms. The maximum atomic E-state index is 13.6. The molecule has 9 nitrogen and oxygen atoms in total. The number of nitrogens with one attached hydrogen (secondary N) is 1. The van der Waals surface area contributed by atoms with Crippen LogP contribution in [0.4, 0.5) is 10.5 Å². The van der Waals surface area contributed by atoms with Crippen LogP contribution in [0.25, 0.3) is 0 Å². The predicted octanol–water partition coefficient (Wildman–Crippen LogP) is 3.65. The van der Waals surface area contributed by atoms with Crippen molar-refractivity contribution in [1.29, 1.82) is 0 Å². The van der Waals surface area contributed by atoms with Crippen LogP contribution in [0.1, 0.15) is 40.2 Å². The van der Waals surface area contributed by atoms with Crippen molar-refractivity contribution in [2.75, 3.05) is 18.4 Å². The van der Waals surface area contributed by atoms with Crippen LogP contribution in [0.2, 0.25) is 0 Å². The van der Waals surface area contributed by atoms with Crippen molar-refractivity contribution < 1.29 is 28.2 Å². The smallest absolute Gasteiger partial charge is 0.407 e. The highest BCUT2D eigenvalue weighted by molar-refractivity contribution is 7.89. The van der Waals surface area contributed by atoms with Gasteiger partial charge in [-0.05, 0) is 56.0 Å². The Hall–Kier alpha value is -2.95. The molecule has 2 amide bonds. The Morgan fingerprint density at radius 1 is 0.944 bits per heavy atom. The summed E-state index contributed by atoms with van der Waals surface area (Å²) in [5.74, 6) is -0.313. The lowest BCUT2D eigenvalue weighted by Crippen LogP contribution is -2.54. The number of hydrogen-bond donors (Lipinski definition) is 3. The summed E-state index contributed by atoms with van der Waals surface area (Å²) in [6, 6.07) is 13.7. The van der Waals surface area contributed by atoms with Crippen LogP contribution in [-0.2, 0) is 21.2 Å². The summed E-state index contributed by atoms with van der Waals surface area (Å²) in [5.41, 5.74) is 1.30. The number of rotatable bonds is 12. The molecular weight excluding hydrogens is 482 g/mol. The first-order valence-corrected chi connectivity index (χ1v) is 13.4. The number of nitrogens with zero attached hydrogens (tertiary/aromatic N) is 2. The largest absolute Gasteiger partial charge is 0.465 e. The number of aliphatic hydroxyl groups is 1. The normalized spacial score (nSPS) is 13.6. The molecule has 0 aromatic heterocycles. The lowest BCUT2D eigenvalue weighted by molar-refractivity contribution is -0.114. The van der Waals surface area contributed by atoms with Gasteiger partial charge in [-0.15, -0.1) is 0 Å². The SMILES string of the molecule is CC(=O)Nc1ccc(S(=O)(=O)N(CC(C)C)C[C@@H](O)[C@H](Cc2ccccc2)N(C(=O)O)C(C)C)cc1. The highest BCUT2D eigenvalue weighted by atomic mass is 32.2. The van der Waals surface area contributed by atoms with Crippen molar-refractivity contribution in [2.24, 2.45) is 5.92 Å². The lowest BCUT2D eigenvalue weighted by Gasteiger charge is -2.37. The second kappa shape index (κ2) is 12.8. The van der Waals surface area contributed by atoms with Crippen molar-refractivity contribution in [3.63, 3.8) is 0 Å². The molecule has 2 aromatic carbocycles. The Morgan fingerprint density at radius 2 is 1.53 bits per heavy atom. The Bertz CT molecular complexity index is 1100. The average Bonchev–Trinajstić information content (AvgIpc) is 2.78. The average molecular weight is 520 g/mol. The standard InChI is InChI=1S/C26H37N3O6S/c1-18(2)16-28(36(34,35)23-13-11-22(12-14-23)27-20(5)30)17-25(31)24(29(19(3)4)26(32)33)15-21-9-7-6-8-10-21/h6-14,18-19,24-25,31H,15-17H2,1-5H3,(H,27,30)(H,32,33)/t24-,25+/m0/s1. The zero-order chi connectivity index (χ0) is 27.0. The van der Waals surface area contributed by atoms with E-state index in [9.17, 15) is 28.2 Å². The summed E-state index contributed by atoms with van der Waals surface area (Å²) < 4.78 is 28.3. The van der Waals surface area contributed by atoms with Crippen LogP contribution in [0.5, 0.6) is 0 Å². The number of hydrogen-bond acceptors (Lipinski definition) is 5. The topological polar surface area (TPSA) is 127 Å². The number of amides is 2. The fourth-order valence-corrected chi connectivity index (χ4v) is 5.71. The summed E-state index contributed by atoms with van der Waals surface area (Å²) in [5, 5.41) is 23.8. The molecule has 0 aliphatic carbocycles. The van der Waals surface area contributed by atoms with E-state index in [0.29, 0.717) is 5.69 Å². The minimum absolute atomic E-state index is 0.0167. The first-order chi connectivity index (χ1) is 16.8. The fraction of sp³-hybridized carbons (Fsp3) is 0.462. The zero-order valence-electron chi connectivity index (χ0n) is 21.5. The Morgan fingerprint density at radius 3 is 2.00 bits per heavy atom. The van der Waals surface area contributed by atoms with Gasteiger partial charge in [-0.2, -0.15) is 4.31 Å². The number of benzene rings is 2. The number of carbonyl (C=O) groups excluding carboxylic acids is 1. The van der Waals surface area contributed by atoms with Gasteiger partial charge in [0.25, 0.3) is 0 Å². The molecule has 0 unspecified atom stereocenters.